The Morgan fingerprint density at radius 3 is 2.69 bits per heavy atom. The van der Waals surface area contributed by atoms with Crippen LogP contribution in [0, 0.1) is 5.92 Å². The minimum Gasteiger partial charge on any atom is -0.504 e. The van der Waals surface area contributed by atoms with Crippen molar-refractivity contribution in [2.75, 3.05) is 18.8 Å². The van der Waals surface area contributed by atoms with E-state index in [1.54, 1.807) is 6.07 Å². The maximum Gasteiger partial charge on any atom is 0.166 e. The molecular formula is C33H33N3O3. The molecule has 4 N–H and O–H groups in total. The molecule has 198 valence electrons. The van der Waals surface area contributed by atoms with Gasteiger partial charge in [-0.3, -0.25) is 4.90 Å². The predicted molar refractivity (Wildman–Crippen MR) is 150 cm³/mol. The van der Waals surface area contributed by atoms with Crippen molar-refractivity contribution in [3.05, 3.63) is 88.6 Å². The van der Waals surface area contributed by atoms with Gasteiger partial charge in [0.2, 0.25) is 0 Å². The molecule has 6 nitrogen and oxygen atoms in total. The van der Waals surface area contributed by atoms with E-state index in [2.05, 4.69) is 45.9 Å². The summed E-state index contributed by atoms with van der Waals surface area (Å²) in [6.07, 6.45) is 4.41. The van der Waals surface area contributed by atoms with Gasteiger partial charge < -0.3 is 25.3 Å². The Labute approximate surface area is 227 Å². The molecule has 1 saturated heterocycles. The molecule has 9 rings (SSSR count). The standard InChI is InChI=1S/C33H33N3O3/c34-24-7-3-1-5-21(24)18-36-25-8-4-2-6-22(25)23-16-33(38)27-15-20-11-12-26(37)30-28(20)32(33,31(39-30)29(23)36)13-14-35(27)17-19-9-10-19/h1-8,11-12,19,27,31,37-38H,9-10,13-18,34H2/t27-,31-,32-,33+/m0/s1. The van der Waals surface area contributed by atoms with E-state index < -0.39 is 11.0 Å². The van der Waals surface area contributed by atoms with Crippen LogP contribution in [0.4, 0.5) is 5.69 Å². The van der Waals surface area contributed by atoms with E-state index in [9.17, 15) is 10.2 Å². The van der Waals surface area contributed by atoms with E-state index >= 15 is 0 Å². The number of benzene rings is 3. The van der Waals surface area contributed by atoms with Crippen LogP contribution in [0.1, 0.15) is 53.3 Å². The number of para-hydroxylation sites is 2. The van der Waals surface area contributed by atoms with Gasteiger partial charge in [0.25, 0.3) is 0 Å². The van der Waals surface area contributed by atoms with Gasteiger partial charge in [-0.25, -0.2) is 0 Å². The van der Waals surface area contributed by atoms with Gasteiger partial charge in [0.05, 0.1) is 23.3 Å². The van der Waals surface area contributed by atoms with Crippen LogP contribution in [0.3, 0.4) is 0 Å². The normalized spacial score (nSPS) is 30.2. The molecule has 0 unspecified atom stereocenters. The van der Waals surface area contributed by atoms with Gasteiger partial charge in [-0.2, -0.15) is 0 Å². The first-order chi connectivity index (χ1) is 19.0. The van der Waals surface area contributed by atoms with Gasteiger partial charge in [0.1, 0.15) is 0 Å². The molecule has 0 radical (unpaired) electrons. The Morgan fingerprint density at radius 2 is 1.85 bits per heavy atom. The molecule has 2 aliphatic heterocycles. The Bertz CT molecular complexity index is 1690. The van der Waals surface area contributed by atoms with Gasteiger partial charge in [0, 0.05) is 41.2 Å². The summed E-state index contributed by atoms with van der Waals surface area (Å²) in [5.41, 5.74) is 12.4. The summed E-state index contributed by atoms with van der Waals surface area (Å²) in [7, 11) is 0. The number of hydrogen-bond donors (Lipinski definition) is 3. The van der Waals surface area contributed by atoms with Crippen molar-refractivity contribution in [1.82, 2.24) is 9.47 Å². The monoisotopic (exact) mass is 519 g/mol. The van der Waals surface area contributed by atoms with Crippen LogP contribution in [0.2, 0.25) is 0 Å². The quantitative estimate of drug-likeness (QED) is 0.341. The zero-order valence-corrected chi connectivity index (χ0v) is 21.9. The fourth-order valence-corrected chi connectivity index (χ4v) is 8.82. The fourth-order valence-electron chi connectivity index (χ4n) is 8.82. The highest BCUT2D eigenvalue weighted by Gasteiger charge is 2.73. The Morgan fingerprint density at radius 1 is 1.03 bits per heavy atom. The van der Waals surface area contributed by atoms with Gasteiger partial charge in [-0.05, 0) is 73.0 Å². The van der Waals surface area contributed by atoms with Gasteiger partial charge in [-0.1, -0.05) is 42.5 Å². The van der Waals surface area contributed by atoms with Crippen LogP contribution in [0.25, 0.3) is 10.9 Å². The molecule has 1 aromatic heterocycles. The number of fused-ring (bicyclic) bond motifs is 4. The molecule has 5 aliphatic rings. The highest BCUT2D eigenvalue weighted by molar-refractivity contribution is 5.87. The number of ether oxygens (including phenoxy) is 1. The molecule has 2 bridgehead atoms. The third kappa shape index (κ3) is 2.69. The van der Waals surface area contributed by atoms with E-state index in [-0.39, 0.29) is 17.9 Å². The van der Waals surface area contributed by atoms with Crippen LogP contribution in [-0.4, -0.2) is 44.4 Å². The highest BCUT2D eigenvalue weighted by Crippen LogP contribution is 2.69. The maximum atomic E-state index is 13.1. The van der Waals surface area contributed by atoms with Crippen molar-refractivity contribution in [3.8, 4) is 11.5 Å². The fraction of sp³-hybridized carbons (Fsp3) is 0.394. The van der Waals surface area contributed by atoms with Crippen LogP contribution in [0.5, 0.6) is 11.5 Å². The minimum atomic E-state index is -0.982. The second-order valence-corrected chi connectivity index (χ2v) is 12.6. The number of aromatic nitrogens is 1. The van der Waals surface area contributed by atoms with Crippen molar-refractivity contribution in [3.63, 3.8) is 0 Å². The SMILES string of the molecule is Nc1ccccc1Cn1c2c(c3ccccc31)C[C@@]1(O)[C@@H]3Cc4ccc(O)c5c4[C@@]1(CCN3CC1CC1)[C@H]2O5. The zero-order chi connectivity index (χ0) is 26.1. The molecule has 6 heteroatoms. The second-order valence-electron chi connectivity index (χ2n) is 12.6. The third-order valence-corrected chi connectivity index (χ3v) is 10.7. The van der Waals surface area contributed by atoms with Crippen molar-refractivity contribution < 1.29 is 14.9 Å². The summed E-state index contributed by atoms with van der Waals surface area (Å²) in [5, 5.41) is 25.4. The summed E-state index contributed by atoms with van der Waals surface area (Å²) in [5.74, 6) is 1.51. The summed E-state index contributed by atoms with van der Waals surface area (Å²) < 4.78 is 9.26. The van der Waals surface area contributed by atoms with E-state index in [4.69, 9.17) is 10.5 Å². The average molecular weight is 520 g/mol. The number of anilines is 1. The molecule has 2 fully saturated rings. The molecular weight excluding hydrogens is 486 g/mol. The molecule has 4 atom stereocenters. The smallest absolute Gasteiger partial charge is 0.166 e. The topological polar surface area (TPSA) is 83.9 Å². The molecule has 3 aliphatic carbocycles. The Hall–Kier alpha value is -3.48. The van der Waals surface area contributed by atoms with Gasteiger partial charge in [-0.15, -0.1) is 0 Å². The van der Waals surface area contributed by atoms with Gasteiger partial charge >= 0.3 is 0 Å². The van der Waals surface area contributed by atoms with E-state index in [0.29, 0.717) is 18.7 Å². The molecule has 1 saturated carbocycles. The summed E-state index contributed by atoms with van der Waals surface area (Å²) in [6, 6.07) is 20.5. The lowest BCUT2D eigenvalue weighted by Crippen LogP contribution is -2.74. The number of nitrogens with zero attached hydrogens (tertiary/aromatic N) is 2. The average Bonchev–Trinajstić information content (AvgIpc) is 3.61. The lowest BCUT2D eigenvalue weighted by molar-refractivity contribution is -0.173. The number of phenolic OH excluding ortho intramolecular Hbond substituents is 1. The number of aromatic hydroxyl groups is 1. The largest absolute Gasteiger partial charge is 0.504 e. The predicted octanol–water partition coefficient (Wildman–Crippen LogP) is 4.68. The van der Waals surface area contributed by atoms with Crippen molar-refractivity contribution in [2.24, 2.45) is 5.92 Å². The molecule has 3 heterocycles. The van der Waals surface area contributed by atoms with Gasteiger partial charge in [0.15, 0.2) is 17.6 Å². The second kappa shape index (κ2) is 7.38. The maximum absolute atomic E-state index is 13.1. The molecule has 3 aromatic carbocycles. The molecule has 0 amide bonds. The van der Waals surface area contributed by atoms with E-state index in [1.807, 2.05) is 18.2 Å². The number of piperidine rings is 1. The number of likely N-dealkylation sites (tertiary alicyclic amines) is 1. The van der Waals surface area contributed by atoms with E-state index in [1.165, 1.54) is 29.4 Å². The zero-order valence-electron chi connectivity index (χ0n) is 21.9. The van der Waals surface area contributed by atoms with Crippen LogP contribution in [0.15, 0.2) is 60.7 Å². The lowest BCUT2D eigenvalue weighted by atomic mass is 9.49. The van der Waals surface area contributed by atoms with Crippen LogP contribution < -0.4 is 10.5 Å². The number of nitrogen functional groups attached to an aromatic ring is 1. The van der Waals surface area contributed by atoms with Crippen molar-refractivity contribution >= 4 is 16.6 Å². The Balaban J connectivity index is 1.32. The van der Waals surface area contributed by atoms with Crippen molar-refractivity contribution in [1.29, 1.82) is 0 Å². The molecule has 39 heavy (non-hydrogen) atoms. The first-order valence-corrected chi connectivity index (χ1v) is 14.4. The van der Waals surface area contributed by atoms with E-state index in [0.717, 1.165) is 59.9 Å². The summed E-state index contributed by atoms with van der Waals surface area (Å²) >= 11 is 0. The summed E-state index contributed by atoms with van der Waals surface area (Å²) in [4.78, 5) is 2.59. The number of hydrogen-bond acceptors (Lipinski definition) is 5. The molecule has 1 spiro atoms. The first-order valence-electron chi connectivity index (χ1n) is 14.4. The number of nitrogens with two attached hydrogens (primary N) is 1. The van der Waals surface area contributed by atoms with Crippen LogP contribution >= 0.6 is 0 Å². The minimum absolute atomic E-state index is 0.0287. The highest BCUT2D eigenvalue weighted by atomic mass is 16.5. The number of phenols is 1. The Kier molecular flexibility index (Phi) is 4.23. The number of aliphatic hydroxyl groups is 1. The van der Waals surface area contributed by atoms with Crippen molar-refractivity contribution in [2.45, 2.75) is 61.8 Å². The summed E-state index contributed by atoms with van der Waals surface area (Å²) in [6.45, 7) is 2.64. The number of rotatable bonds is 4. The lowest BCUT2D eigenvalue weighted by Gasteiger charge is -2.63. The molecule has 4 aromatic rings. The van der Waals surface area contributed by atoms with Crippen LogP contribution in [-0.2, 0) is 24.8 Å². The third-order valence-electron chi connectivity index (χ3n) is 10.7. The first kappa shape index (κ1) is 22.3.